The molecule has 1 amide bonds. The minimum Gasteiger partial charge on any atom is -0.361 e. The minimum atomic E-state index is -0.446. The predicted octanol–water partition coefficient (Wildman–Crippen LogP) is 3.66. The molecular formula is C24H19N5O. The summed E-state index contributed by atoms with van der Waals surface area (Å²) in [6.07, 6.45) is 0. The van der Waals surface area contributed by atoms with E-state index < -0.39 is 5.92 Å². The van der Waals surface area contributed by atoms with E-state index in [1.165, 1.54) is 0 Å². The number of fused-ring (bicyclic) bond motifs is 1. The maximum atomic E-state index is 12.6. The second-order valence-corrected chi connectivity index (χ2v) is 7.26. The average molecular weight is 393 g/mol. The molecule has 0 fully saturated rings. The molecule has 0 saturated heterocycles. The van der Waals surface area contributed by atoms with Crippen LogP contribution >= 0.6 is 0 Å². The van der Waals surface area contributed by atoms with Crippen LogP contribution in [0.15, 0.2) is 76.1 Å². The van der Waals surface area contributed by atoms with Crippen molar-refractivity contribution in [3.8, 4) is 12.1 Å². The summed E-state index contributed by atoms with van der Waals surface area (Å²) in [5.74, 6) is -0.164. The van der Waals surface area contributed by atoms with Gasteiger partial charge in [-0.05, 0) is 43.2 Å². The monoisotopic (exact) mass is 393 g/mol. The summed E-state index contributed by atoms with van der Waals surface area (Å²) in [7, 11) is 0. The number of carbonyl (C=O) groups excluding carboxylic acids is 1. The first-order valence-electron chi connectivity index (χ1n) is 9.56. The Morgan fingerprint density at radius 3 is 2.37 bits per heavy atom. The van der Waals surface area contributed by atoms with Gasteiger partial charge in [0.2, 0.25) is 0 Å². The van der Waals surface area contributed by atoms with Crippen LogP contribution in [0.25, 0.3) is 0 Å². The lowest BCUT2D eigenvalue weighted by molar-refractivity contribution is 0.0977. The van der Waals surface area contributed by atoms with Crippen molar-refractivity contribution in [1.82, 2.24) is 10.6 Å². The molecule has 2 aliphatic heterocycles. The maximum Gasteiger partial charge on any atom is 0.256 e. The van der Waals surface area contributed by atoms with Crippen LogP contribution in [0.5, 0.6) is 0 Å². The van der Waals surface area contributed by atoms with Gasteiger partial charge < -0.3 is 10.6 Å². The smallest absolute Gasteiger partial charge is 0.256 e. The standard InChI is InChI=1S/C24H19N5O/c1-14-20(11-25)22(21(12-26)15(2)28-14)17-8-9-18-13-27-23(19(18)10-17)29-24(30)16-6-4-3-5-7-16/h3-10,22,28H,13H2,1-2H3,(H,27,29,30). The number of dihydropyridines is 1. The van der Waals surface area contributed by atoms with Crippen LogP contribution in [-0.4, -0.2) is 11.7 Å². The van der Waals surface area contributed by atoms with E-state index in [-0.39, 0.29) is 5.91 Å². The van der Waals surface area contributed by atoms with Gasteiger partial charge in [-0.1, -0.05) is 30.3 Å². The second kappa shape index (κ2) is 7.69. The van der Waals surface area contributed by atoms with Gasteiger partial charge in [-0.3, -0.25) is 9.79 Å². The normalized spacial score (nSPS) is 15.7. The van der Waals surface area contributed by atoms with Gasteiger partial charge in [0, 0.05) is 22.5 Å². The van der Waals surface area contributed by atoms with Crippen molar-refractivity contribution in [2.24, 2.45) is 4.99 Å². The first-order chi connectivity index (χ1) is 14.5. The minimum absolute atomic E-state index is 0.226. The highest BCUT2D eigenvalue weighted by atomic mass is 16.1. The number of hydrogen-bond donors (Lipinski definition) is 2. The Morgan fingerprint density at radius 1 is 1.07 bits per heavy atom. The third-order valence-corrected chi connectivity index (χ3v) is 5.40. The summed E-state index contributed by atoms with van der Waals surface area (Å²) in [5.41, 5.74) is 5.71. The van der Waals surface area contributed by atoms with Crippen molar-refractivity contribution in [2.75, 3.05) is 0 Å². The molecule has 6 heteroatoms. The van der Waals surface area contributed by atoms with Crippen LogP contribution in [0.2, 0.25) is 0 Å². The number of carbonyl (C=O) groups is 1. The van der Waals surface area contributed by atoms with Crippen molar-refractivity contribution in [3.05, 3.63) is 93.3 Å². The average Bonchev–Trinajstić information content (AvgIpc) is 3.15. The molecule has 2 heterocycles. The largest absolute Gasteiger partial charge is 0.361 e. The molecule has 30 heavy (non-hydrogen) atoms. The SMILES string of the molecule is CC1=C(C#N)C(c2ccc3c(c2)C(NC(=O)c2ccccc2)=NC3)C(C#N)=C(C)N1. The van der Waals surface area contributed by atoms with Gasteiger partial charge in [0.1, 0.15) is 5.84 Å². The van der Waals surface area contributed by atoms with Gasteiger partial charge in [-0.15, -0.1) is 0 Å². The number of amides is 1. The number of rotatable bonds is 2. The zero-order chi connectivity index (χ0) is 21.3. The Kier molecular flexibility index (Phi) is 4.92. The van der Waals surface area contributed by atoms with E-state index in [9.17, 15) is 15.3 Å². The van der Waals surface area contributed by atoms with Gasteiger partial charge in [-0.2, -0.15) is 10.5 Å². The van der Waals surface area contributed by atoms with E-state index in [1.54, 1.807) is 12.1 Å². The number of nitriles is 2. The molecular weight excluding hydrogens is 374 g/mol. The third-order valence-electron chi connectivity index (χ3n) is 5.40. The molecule has 6 nitrogen and oxygen atoms in total. The molecule has 2 aliphatic rings. The highest BCUT2D eigenvalue weighted by molar-refractivity contribution is 6.14. The summed E-state index contributed by atoms with van der Waals surface area (Å²) >= 11 is 0. The van der Waals surface area contributed by atoms with Gasteiger partial charge >= 0.3 is 0 Å². The highest BCUT2D eigenvalue weighted by Crippen LogP contribution is 2.38. The summed E-state index contributed by atoms with van der Waals surface area (Å²) in [6, 6.07) is 19.3. The Labute approximate surface area is 174 Å². The molecule has 0 unspecified atom stereocenters. The number of allylic oxidation sites excluding steroid dienone is 4. The first kappa shape index (κ1) is 19.2. The van der Waals surface area contributed by atoms with Gasteiger partial charge in [-0.25, -0.2) is 0 Å². The van der Waals surface area contributed by atoms with Crippen molar-refractivity contribution < 1.29 is 4.79 Å². The zero-order valence-electron chi connectivity index (χ0n) is 16.7. The molecule has 4 rings (SSSR count). The molecule has 0 aromatic heterocycles. The van der Waals surface area contributed by atoms with Gasteiger partial charge in [0.05, 0.1) is 35.7 Å². The van der Waals surface area contributed by atoms with Crippen LogP contribution in [0.4, 0.5) is 0 Å². The van der Waals surface area contributed by atoms with E-state index in [0.717, 1.165) is 28.1 Å². The van der Waals surface area contributed by atoms with Crippen molar-refractivity contribution in [2.45, 2.75) is 26.3 Å². The first-order valence-corrected chi connectivity index (χ1v) is 9.56. The number of benzene rings is 2. The molecule has 2 aromatic carbocycles. The van der Waals surface area contributed by atoms with Crippen LogP contribution < -0.4 is 10.6 Å². The number of hydrogen-bond acceptors (Lipinski definition) is 5. The lowest BCUT2D eigenvalue weighted by Crippen LogP contribution is -2.30. The molecule has 2 N–H and O–H groups in total. The summed E-state index contributed by atoms with van der Waals surface area (Å²) in [6.45, 7) is 4.15. The molecule has 0 aliphatic carbocycles. The van der Waals surface area contributed by atoms with Crippen LogP contribution in [0.3, 0.4) is 0 Å². The summed E-state index contributed by atoms with van der Waals surface area (Å²) in [4.78, 5) is 17.1. The lowest BCUT2D eigenvalue weighted by Gasteiger charge is -2.26. The Bertz CT molecular complexity index is 1190. The van der Waals surface area contributed by atoms with Crippen LogP contribution in [0.1, 0.15) is 46.8 Å². The summed E-state index contributed by atoms with van der Waals surface area (Å²) in [5, 5.41) is 25.5. The third kappa shape index (κ3) is 3.25. The predicted molar refractivity (Wildman–Crippen MR) is 113 cm³/mol. The number of aliphatic imine (C=N–C) groups is 1. The van der Waals surface area contributed by atoms with Crippen molar-refractivity contribution in [1.29, 1.82) is 10.5 Å². The van der Waals surface area contributed by atoms with Crippen LogP contribution in [0, 0.1) is 22.7 Å². The van der Waals surface area contributed by atoms with Crippen LogP contribution in [-0.2, 0) is 6.54 Å². The molecule has 0 atom stereocenters. The van der Waals surface area contributed by atoms with E-state index in [4.69, 9.17) is 0 Å². The molecule has 146 valence electrons. The lowest BCUT2D eigenvalue weighted by atomic mass is 9.81. The van der Waals surface area contributed by atoms with Gasteiger partial charge in [0.15, 0.2) is 0 Å². The number of nitrogens with one attached hydrogen (secondary N) is 2. The molecule has 0 spiro atoms. The highest BCUT2D eigenvalue weighted by Gasteiger charge is 2.30. The molecule has 0 radical (unpaired) electrons. The van der Waals surface area contributed by atoms with Gasteiger partial charge in [0.25, 0.3) is 5.91 Å². The molecule has 2 aromatic rings. The number of nitrogens with zero attached hydrogens (tertiary/aromatic N) is 3. The van der Waals surface area contributed by atoms with E-state index in [1.807, 2.05) is 50.2 Å². The number of amidine groups is 1. The summed E-state index contributed by atoms with van der Waals surface area (Å²) < 4.78 is 0. The van der Waals surface area contributed by atoms with Crippen molar-refractivity contribution in [3.63, 3.8) is 0 Å². The topological polar surface area (TPSA) is 101 Å². The zero-order valence-corrected chi connectivity index (χ0v) is 16.7. The maximum absolute atomic E-state index is 12.6. The molecule has 0 bridgehead atoms. The van der Waals surface area contributed by atoms with E-state index >= 15 is 0 Å². The fraction of sp³-hybridized carbons (Fsp3) is 0.167. The van der Waals surface area contributed by atoms with E-state index in [0.29, 0.717) is 29.1 Å². The molecule has 0 saturated carbocycles. The fourth-order valence-electron chi connectivity index (χ4n) is 3.88. The Morgan fingerprint density at radius 2 is 1.73 bits per heavy atom. The van der Waals surface area contributed by atoms with E-state index in [2.05, 4.69) is 27.8 Å². The Hall–Kier alpha value is -4.16. The second-order valence-electron chi connectivity index (χ2n) is 7.26. The Balaban J connectivity index is 1.71. The quantitative estimate of drug-likeness (QED) is 0.813. The van der Waals surface area contributed by atoms with Crippen molar-refractivity contribution >= 4 is 11.7 Å². The fourth-order valence-corrected chi connectivity index (χ4v) is 3.88.